The molecule has 1 heterocycles. The molecule has 0 fully saturated rings. The molecule has 4 aromatic carbocycles. The second kappa shape index (κ2) is 21.5. The van der Waals surface area contributed by atoms with Crippen molar-refractivity contribution in [3.05, 3.63) is 126 Å². The molecule has 16 heteroatoms. The van der Waals surface area contributed by atoms with E-state index in [1.165, 1.54) is 9.64 Å². The van der Waals surface area contributed by atoms with E-state index >= 15 is 0 Å². The van der Waals surface area contributed by atoms with Gasteiger partial charge in [-0.2, -0.15) is 0 Å². The number of carboxylic acid groups (broad SMARTS) is 1. The van der Waals surface area contributed by atoms with Crippen LogP contribution >= 0.6 is 54.5 Å². The van der Waals surface area contributed by atoms with Gasteiger partial charge in [-0.05, 0) is 99.8 Å². The number of rotatable bonds is 2. The van der Waals surface area contributed by atoms with Crippen LogP contribution in [-0.2, 0) is 25.2 Å². The molecule has 3 N–H and O–H groups in total. The number of hydrogen-bond acceptors (Lipinski definition) is 5. The molecular weight excluding hydrogens is 931 g/mol. The fraction of sp³-hybridized carbons (Fsp3) is 0.0714. The minimum Gasteiger partial charge on any atom is -0.481 e. The standard InChI is InChI=1S/C12H7BrF2.C6H4BF3O2.C6H4BrI.C2H3O2.C2H4O2.Pd/c13-10-4-1-8(2-5-10)9-3-6-11(14)12(15)7-9;8-4-1-3(7(11)12)2-5(9)6(4)10;7-5-1-3-6(8)4-2-5;1-2-3-4-2;1-2(3)4;/h1-7H;1-2,11-12H;1-4H;1H3;1H3,(H,3,4);/q;;;-1;;. The van der Waals surface area contributed by atoms with E-state index in [4.69, 9.17) is 19.9 Å². The molecule has 1 aromatic heterocycles. The van der Waals surface area contributed by atoms with Crippen LogP contribution in [-0.4, -0.2) is 28.2 Å². The quantitative estimate of drug-likeness (QED) is 0.0412. The molecule has 0 aliphatic heterocycles. The second-order valence-electron chi connectivity index (χ2n) is 7.92. The molecule has 6 nitrogen and oxygen atoms in total. The summed E-state index contributed by atoms with van der Waals surface area (Å²) in [6.45, 7) is 2.83. The minimum absolute atomic E-state index is 0. The SMILES string of the molecule is Brc1ccc(I)cc1.CC(=O)O.C[c-]1oo1.Fc1ccc(-c2ccc(Br)cc2)cc1F.OB(O)c1cc(F)c(F)c(F)c1.[Pd]. The van der Waals surface area contributed by atoms with Crippen LogP contribution < -0.4 is 5.46 Å². The van der Waals surface area contributed by atoms with E-state index in [0.29, 0.717) is 23.7 Å². The summed E-state index contributed by atoms with van der Waals surface area (Å²) < 4.78 is 74.3. The Morgan fingerprint density at radius 2 is 1.14 bits per heavy atom. The number of aryl methyl sites for hydroxylation is 1. The molecule has 0 bridgehead atoms. The average Bonchev–Trinajstić information content (AvgIpc) is 3.73. The zero-order chi connectivity index (χ0) is 32.7. The van der Waals surface area contributed by atoms with Crippen molar-refractivity contribution in [1.29, 1.82) is 0 Å². The molecule has 240 valence electrons. The second-order valence-corrected chi connectivity index (χ2v) is 11.0. The van der Waals surface area contributed by atoms with Gasteiger partial charge in [0.15, 0.2) is 29.1 Å². The van der Waals surface area contributed by atoms with Gasteiger partial charge in [0.1, 0.15) is 0 Å². The van der Waals surface area contributed by atoms with Gasteiger partial charge < -0.3 is 24.3 Å². The zero-order valence-corrected chi connectivity index (χ0v) is 29.4. The van der Waals surface area contributed by atoms with E-state index in [1.807, 2.05) is 36.4 Å². The number of carboxylic acids is 1. The Bertz CT molecular complexity index is 1490. The first-order chi connectivity index (χ1) is 20.1. The van der Waals surface area contributed by atoms with E-state index in [-0.39, 0.29) is 20.4 Å². The number of carbonyl (C=O) groups is 1. The van der Waals surface area contributed by atoms with E-state index in [0.717, 1.165) is 27.5 Å². The Labute approximate surface area is 293 Å². The Hall–Kier alpha value is -2.19. The molecule has 5 rings (SSSR count). The van der Waals surface area contributed by atoms with Gasteiger partial charge in [-0.1, -0.05) is 50.1 Å². The topological polar surface area (TPSA) is 104 Å². The van der Waals surface area contributed by atoms with Crippen molar-refractivity contribution in [1.82, 2.24) is 0 Å². The first-order valence-electron chi connectivity index (χ1n) is 11.6. The van der Waals surface area contributed by atoms with Gasteiger partial charge in [0.25, 0.3) is 5.97 Å². The maximum absolute atomic E-state index is 13.0. The fourth-order valence-corrected chi connectivity index (χ4v) is 3.40. The Morgan fingerprint density at radius 3 is 1.48 bits per heavy atom. The Morgan fingerprint density at radius 1 is 0.750 bits per heavy atom. The van der Waals surface area contributed by atoms with E-state index in [1.54, 1.807) is 13.0 Å². The van der Waals surface area contributed by atoms with Gasteiger partial charge >= 0.3 is 7.12 Å². The molecular formula is C28H22BBr2F5IO6Pd-. The zero-order valence-electron chi connectivity index (χ0n) is 22.5. The fourth-order valence-electron chi connectivity index (χ4n) is 2.51. The van der Waals surface area contributed by atoms with Crippen LogP contribution in [0, 0.1) is 39.6 Å². The van der Waals surface area contributed by atoms with E-state index < -0.39 is 47.6 Å². The summed E-state index contributed by atoms with van der Waals surface area (Å²) in [6.07, 6.45) is 0. The average molecular weight is 953 g/mol. The van der Waals surface area contributed by atoms with Crippen molar-refractivity contribution < 1.29 is 71.5 Å². The van der Waals surface area contributed by atoms with Gasteiger partial charge in [0.05, 0.1) is 0 Å². The molecule has 0 saturated carbocycles. The van der Waals surface area contributed by atoms with E-state index in [9.17, 15) is 22.0 Å². The van der Waals surface area contributed by atoms with Gasteiger partial charge in [0.2, 0.25) is 0 Å². The van der Waals surface area contributed by atoms with Crippen molar-refractivity contribution in [2.24, 2.45) is 0 Å². The summed E-state index contributed by atoms with van der Waals surface area (Å²) in [5.41, 5.74) is 1.10. The summed E-state index contributed by atoms with van der Waals surface area (Å²) in [7, 11) is -2.00. The third kappa shape index (κ3) is 17.9. The molecule has 0 amide bonds. The van der Waals surface area contributed by atoms with Crippen LogP contribution in [0.5, 0.6) is 0 Å². The molecule has 0 atom stereocenters. The first-order valence-corrected chi connectivity index (χ1v) is 14.3. The number of aliphatic carboxylic acids is 1. The van der Waals surface area contributed by atoms with Crippen molar-refractivity contribution in [3.8, 4) is 11.1 Å². The van der Waals surface area contributed by atoms with Crippen molar-refractivity contribution in [3.63, 3.8) is 0 Å². The largest absolute Gasteiger partial charge is 0.488 e. The first kappa shape index (κ1) is 41.8. The summed E-state index contributed by atoms with van der Waals surface area (Å²) >= 11 is 8.93. The third-order valence-corrected chi connectivity index (χ3v) is 6.23. The number of hydrogen-bond donors (Lipinski definition) is 3. The van der Waals surface area contributed by atoms with Crippen LogP contribution in [0.25, 0.3) is 11.1 Å². The summed E-state index contributed by atoms with van der Waals surface area (Å²) in [6, 6.07) is 20.5. The van der Waals surface area contributed by atoms with Crippen LogP contribution in [0.4, 0.5) is 22.0 Å². The molecule has 5 aromatic rings. The van der Waals surface area contributed by atoms with Gasteiger partial charge in [-0.3, -0.25) is 4.79 Å². The summed E-state index contributed by atoms with van der Waals surface area (Å²) in [4.78, 5) is 9.00. The number of halogens is 8. The predicted octanol–water partition coefficient (Wildman–Crippen LogP) is 8.22. The predicted molar refractivity (Wildman–Crippen MR) is 167 cm³/mol. The molecule has 0 aliphatic carbocycles. The smallest absolute Gasteiger partial charge is 0.481 e. The monoisotopic (exact) mass is 951 g/mol. The van der Waals surface area contributed by atoms with Crippen molar-refractivity contribution in [2.45, 2.75) is 13.8 Å². The van der Waals surface area contributed by atoms with Gasteiger partial charge in [-0.15, -0.1) is 6.92 Å². The summed E-state index contributed by atoms with van der Waals surface area (Å²) in [5.74, 6) is -6.33. The number of benzene rings is 4. The van der Waals surface area contributed by atoms with Gasteiger partial charge in [0, 0.05) is 45.8 Å². The Balaban J connectivity index is 0.000000569. The van der Waals surface area contributed by atoms with Crippen LogP contribution in [0.15, 0.2) is 97.0 Å². The molecule has 0 unspecified atom stereocenters. The van der Waals surface area contributed by atoms with Crippen molar-refractivity contribution >= 4 is 73.0 Å². The van der Waals surface area contributed by atoms with Crippen LogP contribution in [0.3, 0.4) is 0 Å². The molecule has 0 spiro atoms. The van der Waals surface area contributed by atoms with Crippen LogP contribution in [0.2, 0.25) is 0 Å². The van der Waals surface area contributed by atoms with Crippen molar-refractivity contribution in [2.75, 3.05) is 0 Å². The maximum atomic E-state index is 13.0. The third-order valence-electron chi connectivity index (χ3n) is 4.45. The molecule has 0 aliphatic rings. The Kier molecular flexibility index (Phi) is 20.5. The normalized spacial score (nSPS) is 9.36. The van der Waals surface area contributed by atoms with Crippen LogP contribution in [0.1, 0.15) is 12.9 Å². The molecule has 0 radical (unpaired) electrons. The van der Waals surface area contributed by atoms with Gasteiger partial charge in [-0.25, -0.2) is 22.0 Å². The maximum Gasteiger partial charge on any atom is 0.488 e. The molecule has 44 heavy (non-hydrogen) atoms. The van der Waals surface area contributed by atoms with E-state index in [2.05, 4.69) is 75.7 Å². The summed E-state index contributed by atoms with van der Waals surface area (Å²) in [5, 5.41) is 24.3. The minimum atomic E-state index is -2.00. The molecule has 0 saturated heterocycles.